The van der Waals surface area contributed by atoms with Crippen molar-refractivity contribution in [3.63, 3.8) is 0 Å². The molecule has 8 nitrogen and oxygen atoms in total. The van der Waals surface area contributed by atoms with E-state index in [0.29, 0.717) is 30.6 Å². The lowest BCUT2D eigenvalue weighted by atomic mass is 10.0. The number of hydrogen-bond donors (Lipinski definition) is 3. The van der Waals surface area contributed by atoms with Crippen LogP contribution in [0, 0.1) is 5.82 Å². The van der Waals surface area contributed by atoms with Crippen LogP contribution in [0.1, 0.15) is 32.1 Å². The predicted octanol–water partition coefficient (Wildman–Crippen LogP) is 3.61. The van der Waals surface area contributed by atoms with Crippen LogP contribution in [0.15, 0.2) is 66.9 Å². The van der Waals surface area contributed by atoms with Crippen molar-refractivity contribution in [2.75, 3.05) is 32.5 Å². The van der Waals surface area contributed by atoms with Gasteiger partial charge >= 0.3 is 0 Å². The number of aromatic hydroxyl groups is 1. The Hall–Kier alpha value is -4.37. The van der Waals surface area contributed by atoms with Crippen LogP contribution in [0.4, 0.5) is 10.1 Å². The average Bonchev–Trinajstić information content (AvgIpc) is 2.86. The highest BCUT2D eigenvalue weighted by molar-refractivity contribution is 6.13. The third-order valence-corrected chi connectivity index (χ3v) is 5.50. The number of amides is 2. The zero-order valence-corrected chi connectivity index (χ0v) is 20.0. The van der Waals surface area contributed by atoms with Crippen LogP contribution in [0.5, 0.6) is 5.75 Å². The molecule has 0 aliphatic heterocycles. The molecular weight excluding hydrogens is 461 g/mol. The van der Waals surface area contributed by atoms with Crippen LogP contribution in [0.25, 0.3) is 10.9 Å². The fraction of sp³-hybridized carbons (Fsp3) is 0.185. The Morgan fingerprint density at radius 1 is 0.972 bits per heavy atom. The van der Waals surface area contributed by atoms with Gasteiger partial charge in [0.25, 0.3) is 11.8 Å². The number of aromatic nitrogens is 2. The van der Waals surface area contributed by atoms with E-state index in [1.54, 1.807) is 48.7 Å². The lowest BCUT2D eigenvalue weighted by Crippen LogP contribution is -2.32. The highest BCUT2D eigenvalue weighted by atomic mass is 19.1. The fourth-order valence-corrected chi connectivity index (χ4v) is 3.67. The van der Waals surface area contributed by atoms with Crippen molar-refractivity contribution >= 4 is 28.4 Å². The van der Waals surface area contributed by atoms with Crippen molar-refractivity contribution in [1.82, 2.24) is 20.2 Å². The first-order valence-electron chi connectivity index (χ1n) is 11.4. The number of carbonyl (C=O) groups is 2. The molecule has 184 valence electrons. The fourth-order valence-electron chi connectivity index (χ4n) is 3.67. The average molecular weight is 488 g/mol. The summed E-state index contributed by atoms with van der Waals surface area (Å²) in [6.45, 7) is 0.924. The summed E-state index contributed by atoms with van der Waals surface area (Å²) >= 11 is 0. The zero-order valence-electron chi connectivity index (χ0n) is 20.0. The van der Waals surface area contributed by atoms with Crippen molar-refractivity contribution in [2.24, 2.45) is 0 Å². The second-order valence-corrected chi connectivity index (χ2v) is 8.58. The number of anilines is 1. The number of benzene rings is 2. The molecule has 0 radical (unpaired) electrons. The van der Waals surface area contributed by atoms with E-state index >= 15 is 0 Å². The van der Waals surface area contributed by atoms with Crippen molar-refractivity contribution in [2.45, 2.75) is 6.42 Å². The predicted molar refractivity (Wildman–Crippen MR) is 136 cm³/mol. The summed E-state index contributed by atoms with van der Waals surface area (Å²) in [4.78, 5) is 36.6. The molecule has 4 rings (SSSR count). The Bertz CT molecular complexity index is 1390. The molecule has 0 spiro atoms. The topological polar surface area (TPSA) is 107 Å². The Kier molecular flexibility index (Phi) is 7.50. The summed E-state index contributed by atoms with van der Waals surface area (Å²) in [5.41, 5.74) is 1.90. The normalized spacial score (nSPS) is 11.0. The van der Waals surface area contributed by atoms with Crippen molar-refractivity contribution in [1.29, 1.82) is 0 Å². The molecule has 2 heterocycles. The minimum Gasteiger partial charge on any atom is -0.504 e. The Labute approximate surface area is 207 Å². The molecule has 0 fully saturated rings. The molecule has 2 amide bonds. The summed E-state index contributed by atoms with van der Waals surface area (Å²) in [6, 6.07) is 16.6. The van der Waals surface area contributed by atoms with Gasteiger partial charge in [-0.3, -0.25) is 14.6 Å². The van der Waals surface area contributed by atoms with Gasteiger partial charge in [0.15, 0.2) is 11.4 Å². The van der Waals surface area contributed by atoms with Gasteiger partial charge in [0.05, 0.1) is 0 Å². The SMILES string of the molecule is CN(C)CCNC(=O)c1nc(C(=O)Nc2ccccc2)c2cc(Cc3ccc(F)cc3)cnc2c1O. The van der Waals surface area contributed by atoms with Crippen LogP contribution in [-0.4, -0.2) is 59.0 Å². The standard InChI is InChI=1S/C27H26FN5O3/c1-33(2)13-12-29-26(35)24-25(34)22-21(23(32-24)27(36)31-20-6-4-3-5-7-20)15-18(16-30-22)14-17-8-10-19(28)11-9-17/h3-11,15-16,34H,12-14H2,1-2H3,(H,29,35)(H,31,36). The van der Waals surface area contributed by atoms with Crippen LogP contribution in [0.3, 0.4) is 0 Å². The number of pyridine rings is 2. The summed E-state index contributed by atoms with van der Waals surface area (Å²) in [6.07, 6.45) is 1.98. The van der Waals surface area contributed by atoms with Gasteiger partial charge in [-0.15, -0.1) is 0 Å². The molecular formula is C27H26FN5O3. The van der Waals surface area contributed by atoms with E-state index in [1.807, 2.05) is 25.1 Å². The van der Waals surface area contributed by atoms with Crippen molar-refractivity contribution in [3.8, 4) is 5.75 Å². The molecule has 0 saturated carbocycles. The van der Waals surface area contributed by atoms with E-state index in [1.165, 1.54) is 12.1 Å². The number of halogens is 1. The highest BCUT2D eigenvalue weighted by Crippen LogP contribution is 2.30. The second-order valence-electron chi connectivity index (χ2n) is 8.58. The van der Waals surface area contributed by atoms with Gasteiger partial charge in [-0.05, 0) is 62.0 Å². The molecule has 4 aromatic rings. The van der Waals surface area contributed by atoms with Gasteiger partial charge in [-0.2, -0.15) is 0 Å². The quantitative estimate of drug-likeness (QED) is 0.351. The Balaban J connectivity index is 1.75. The van der Waals surface area contributed by atoms with E-state index in [-0.39, 0.29) is 22.7 Å². The van der Waals surface area contributed by atoms with Gasteiger partial charge in [0, 0.05) is 30.4 Å². The lowest BCUT2D eigenvalue weighted by Gasteiger charge is -2.14. The number of fused-ring (bicyclic) bond motifs is 1. The molecule has 2 aromatic carbocycles. The van der Waals surface area contributed by atoms with Crippen LogP contribution >= 0.6 is 0 Å². The minimum absolute atomic E-state index is 0.0436. The van der Waals surface area contributed by atoms with Crippen LogP contribution in [-0.2, 0) is 6.42 Å². The van der Waals surface area contributed by atoms with Gasteiger partial charge in [0.1, 0.15) is 17.0 Å². The molecule has 36 heavy (non-hydrogen) atoms. The summed E-state index contributed by atoms with van der Waals surface area (Å²) in [5, 5.41) is 16.6. The minimum atomic E-state index is -0.609. The number of para-hydroxylation sites is 1. The molecule has 0 aliphatic rings. The van der Waals surface area contributed by atoms with E-state index in [9.17, 15) is 19.1 Å². The van der Waals surface area contributed by atoms with Gasteiger partial charge in [0.2, 0.25) is 0 Å². The summed E-state index contributed by atoms with van der Waals surface area (Å²) in [7, 11) is 3.74. The van der Waals surface area contributed by atoms with Gasteiger partial charge in [-0.1, -0.05) is 30.3 Å². The first-order valence-corrected chi connectivity index (χ1v) is 11.4. The Morgan fingerprint density at radius 3 is 2.39 bits per heavy atom. The molecule has 3 N–H and O–H groups in total. The first kappa shape index (κ1) is 24.7. The summed E-state index contributed by atoms with van der Waals surface area (Å²) in [5.74, 6) is -1.89. The highest BCUT2D eigenvalue weighted by Gasteiger charge is 2.24. The van der Waals surface area contributed by atoms with Crippen LogP contribution < -0.4 is 10.6 Å². The lowest BCUT2D eigenvalue weighted by molar-refractivity contribution is 0.0943. The maximum absolute atomic E-state index is 13.3. The number of likely N-dealkylation sites (N-methyl/N-ethyl adjacent to an activating group) is 1. The third-order valence-electron chi connectivity index (χ3n) is 5.50. The largest absolute Gasteiger partial charge is 0.504 e. The number of nitrogens with one attached hydrogen (secondary N) is 2. The number of hydrogen-bond acceptors (Lipinski definition) is 6. The molecule has 2 aromatic heterocycles. The van der Waals surface area contributed by atoms with Crippen molar-refractivity contribution in [3.05, 3.63) is 95.2 Å². The van der Waals surface area contributed by atoms with Gasteiger partial charge < -0.3 is 20.6 Å². The second kappa shape index (κ2) is 10.9. The van der Waals surface area contributed by atoms with Crippen LogP contribution in [0.2, 0.25) is 0 Å². The van der Waals surface area contributed by atoms with E-state index in [0.717, 1.165) is 11.1 Å². The smallest absolute Gasteiger partial charge is 0.274 e. The molecule has 0 unspecified atom stereocenters. The summed E-state index contributed by atoms with van der Waals surface area (Å²) < 4.78 is 13.3. The third kappa shape index (κ3) is 5.81. The maximum atomic E-state index is 13.3. The first-order chi connectivity index (χ1) is 17.3. The number of nitrogens with zero attached hydrogens (tertiary/aromatic N) is 3. The van der Waals surface area contributed by atoms with Gasteiger partial charge in [-0.25, -0.2) is 9.37 Å². The Morgan fingerprint density at radius 2 is 1.69 bits per heavy atom. The van der Waals surface area contributed by atoms with Crippen molar-refractivity contribution < 1.29 is 19.1 Å². The molecule has 0 atom stereocenters. The molecule has 0 aliphatic carbocycles. The zero-order chi connectivity index (χ0) is 25.7. The number of rotatable bonds is 8. The molecule has 0 saturated heterocycles. The monoisotopic (exact) mass is 487 g/mol. The van der Waals surface area contributed by atoms with E-state index < -0.39 is 17.6 Å². The molecule has 0 bridgehead atoms. The van der Waals surface area contributed by atoms with E-state index in [2.05, 4.69) is 20.6 Å². The van der Waals surface area contributed by atoms with E-state index in [4.69, 9.17) is 0 Å². The molecule has 9 heteroatoms. The maximum Gasteiger partial charge on any atom is 0.274 e. The number of carbonyl (C=O) groups excluding carboxylic acids is 2.